The number of hydrogen-bond donors (Lipinski definition) is 4. The number of carbonyl (C=O) groups is 3. The Labute approximate surface area is 215 Å². The second-order valence-corrected chi connectivity index (χ2v) is 8.52. The van der Waals surface area contributed by atoms with Crippen molar-refractivity contribution in [3.8, 4) is 11.6 Å². The molecule has 0 bridgehead atoms. The van der Waals surface area contributed by atoms with Crippen LogP contribution in [0.4, 0.5) is 17.1 Å². The van der Waals surface area contributed by atoms with E-state index in [-0.39, 0.29) is 36.2 Å². The zero-order chi connectivity index (χ0) is 27.5. The number of anilines is 3. The van der Waals surface area contributed by atoms with Gasteiger partial charge in [0.25, 0.3) is 18.3 Å². The molecule has 1 heterocycles. The molecule has 0 fully saturated rings. The zero-order valence-corrected chi connectivity index (χ0v) is 21.4. The van der Waals surface area contributed by atoms with Gasteiger partial charge in [-0.1, -0.05) is 6.07 Å². The van der Waals surface area contributed by atoms with Gasteiger partial charge in [-0.15, -0.1) is 0 Å². The lowest BCUT2D eigenvalue weighted by molar-refractivity contribution is -0.122. The molecular formula is C27H32N4O6. The number of pyridine rings is 1. The van der Waals surface area contributed by atoms with E-state index < -0.39 is 5.91 Å². The van der Waals surface area contributed by atoms with Gasteiger partial charge in [0.2, 0.25) is 5.88 Å². The lowest BCUT2D eigenvalue weighted by atomic mass is 10.2. The topological polar surface area (TPSA) is 153 Å². The molecule has 0 unspecified atom stereocenters. The maximum atomic E-state index is 13.0. The Bertz CT molecular complexity index is 1230. The summed E-state index contributed by atoms with van der Waals surface area (Å²) in [5.41, 5.74) is 8.73. The third kappa shape index (κ3) is 8.84. The number of nitrogens with zero attached hydrogens (tertiary/aromatic N) is 1. The van der Waals surface area contributed by atoms with E-state index in [0.29, 0.717) is 28.4 Å². The predicted octanol–water partition coefficient (Wildman–Crippen LogP) is 4.75. The van der Waals surface area contributed by atoms with E-state index in [1.54, 1.807) is 36.4 Å². The molecule has 0 saturated carbocycles. The van der Waals surface area contributed by atoms with Gasteiger partial charge in [-0.2, -0.15) is 0 Å². The fraction of sp³-hybridized carbons (Fsp3) is 0.259. The quantitative estimate of drug-likeness (QED) is 0.251. The summed E-state index contributed by atoms with van der Waals surface area (Å²) in [5, 5.41) is 12.5. The number of rotatable bonds is 8. The molecule has 10 heteroatoms. The Balaban J connectivity index is 0.00000153. The highest BCUT2D eigenvalue weighted by Gasteiger charge is 2.18. The molecule has 3 aromatic rings. The molecule has 5 N–H and O–H groups in total. The summed E-state index contributed by atoms with van der Waals surface area (Å²) >= 11 is 0. The van der Waals surface area contributed by atoms with Crippen LogP contribution in [0.1, 0.15) is 54.1 Å². The van der Waals surface area contributed by atoms with Gasteiger partial charge in [-0.3, -0.25) is 14.4 Å². The Hall–Kier alpha value is -4.60. The summed E-state index contributed by atoms with van der Waals surface area (Å²) in [5.74, 6) is -0.0476. The van der Waals surface area contributed by atoms with E-state index in [2.05, 4.69) is 15.6 Å². The number of ether oxygens (including phenoxy) is 2. The van der Waals surface area contributed by atoms with Crippen molar-refractivity contribution in [2.45, 2.75) is 46.8 Å². The fourth-order valence-electron chi connectivity index (χ4n) is 3.07. The molecule has 196 valence electrons. The predicted molar refractivity (Wildman–Crippen MR) is 142 cm³/mol. The molecule has 10 nitrogen and oxygen atoms in total. The number of hydrogen-bond acceptors (Lipinski definition) is 7. The first kappa shape index (κ1) is 28.6. The van der Waals surface area contributed by atoms with Crippen molar-refractivity contribution < 1.29 is 29.0 Å². The molecule has 0 aliphatic heterocycles. The number of aryl methyl sites for hydroxylation is 1. The molecule has 2 amide bonds. The first-order valence-corrected chi connectivity index (χ1v) is 11.5. The van der Waals surface area contributed by atoms with Crippen LogP contribution in [0.25, 0.3) is 0 Å². The van der Waals surface area contributed by atoms with Crippen LogP contribution in [0.15, 0.2) is 54.6 Å². The Kier molecular flexibility index (Phi) is 10.4. The standard InChI is InChI=1S/C26H30N4O4.CH2O2/c1-15(2)33-23-14-17(5)6-11-20(23)28-25(32)21-12-13-22(26(30-21)34-16(3)4)29-24(31)18-7-9-19(27)10-8-18;2-1-3/h6-16H,27H2,1-5H3,(H,28,32)(H,29,31);1H,(H,2,3). The molecule has 1 aromatic heterocycles. The van der Waals surface area contributed by atoms with E-state index in [1.807, 2.05) is 46.8 Å². The van der Waals surface area contributed by atoms with Crippen molar-refractivity contribution in [3.63, 3.8) is 0 Å². The average molecular weight is 509 g/mol. The number of nitrogens with two attached hydrogens (primary N) is 1. The van der Waals surface area contributed by atoms with Crippen LogP contribution in [0.3, 0.4) is 0 Å². The number of benzene rings is 2. The second kappa shape index (κ2) is 13.5. The molecule has 0 aliphatic carbocycles. The van der Waals surface area contributed by atoms with Gasteiger partial charge in [0.15, 0.2) is 0 Å². The fourth-order valence-corrected chi connectivity index (χ4v) is 3.07. The first-order valence-electron chi connectivity index (χ1n) is 11.5. The summed E-state index contributed by atoms with van der Waals surface area (Å²) < 4.78 is 11.6. The number of amides is 2. The molecule has 0 spiro atoms. The van der Waals surface area contributed by atoms with Gasteiger partial charge in [0.1, 0.15) is 17.1 Å². The van der Waals surface area contributed by atoms with Crippen molar-refractivity contribution >= 4 is 35.3 Å². The van der Waals surface area contributed by atoms with Crippen LogP contribution in [-0.2, 0) is 4.79 Å². The normalized spacial score (nSPS) is 10.2. The maximum Gasteiger partial charge on any atom is 0.290 e. The monoisotopic (exact) mass is 508 g/mol. The lowest BCUT2D eigenvalue weighted by Gasteiger charge is -2.17. The lowest BCUT2D eigenvalue weighted by Crippen LogP contribution is -2.19. The van der Waals surface area contributed by atoms with E-state index >= 15 is 0 Å². The third-order valence-corrected chi connectivity index (χ3v) is 4.61. The van der Waals surface area contributed by atoms with Crippen LogP contribution in [0.2, 0.25) is 0 Å². The number of carboxylic acid groups (broad SMARTS) is 1. The highest BCUT2D eigenvalue weighted by atomic mass is 16.5. The van der Waals surface area contributed by atoms with Gasteiger partial charge < -0.3 is 30.9 Å². The molecule has 0 saturated heterocycles. The minimum Gasteiger partial charge on any atom is -0.489 e. The summed E-state index contributed by atoms with van der Waals surface area (Å²) in [4.78, 5) is 38.4. The molecular weight excluding hydrogens is 476 g/mol. The van der Waals surface area contributed by atoms with Gasteiger partial charge >= 0.3 is 0 Å². The third-order valence-electron chi connectivity index (χ3n) is 4.61. The SMILES string of the molecule is Cc1ccc(NC(=O)c2ccc(NC(=O)c3ccc(N)cc3)c(OC(C)C)n2)c(OC(C)C)c1.O=CO. The Morgan fingerprint density at radius 2 is 1.46 bits per heavy atom. The number of aromatic nitrogens is 1. The minimum atomic E-state index is -0.428. The van der Waals surface area contributed by atoms with Gasteiger partial charge in [-0.25, -0.2) is 4.98 Å². The summed E-state index contributed by atoms with van der Waals surface area (Å²) in [6.07, 6.45) is -0.272. The summed E-state index contributed by atoms with van der Waals surface area (Å²) in [6, 6.07) is 15.2. The Morgan fingerprint density at radius 1 is 0.892 bits per heavy atom. The van der Waals surface area contributed by atoms with Crippen molar-refractivity contribution in [1.82, 2.24) is 4.98 Å². The smallest absolute Gasteiger partial charge is 0.290 e. The van der Waals surface area contributed by atoms with Crippen molar-refractivity contribution in [1.29, 1.82) is 0 Å². The van der Waals surface area contributed by atoms with Gasteiger partial charge in [-0.05, 0) is 88.7 Å². The van der Waals surface area contributed by atoms with Crippen molar-refractivity contribution in [3.05, 3.63) is 71.4 Å². The highest BCUT2D eigenvalue weighted by molar-refractivity contribution is 6.06. The average Bonchev–Trinajstić information content (AvgIpc) is 2.82. The van der Waals surface area contributed by atoms with Crippen LogP contribution < -0.4 is 25.8 Å². The van der Waals surface area contributed by atoms with Crippen LogP contribution in [0.5, 0.6) is 11.6 Å². The van der Waals surface area contributed by atoms with E-state index in [0.717, 1.165) is 5.56 Å². The second-order valence-electron chi connectivity index (χ2n) is 8.52. The highest BCUT2D eigenvalue weighted by Crippen LogP contribution is 2.29. The number of nitrogen functional groups attached to an aromatic ring is 1. The largest absolute Gasteiger partial charge is 0.489 e. The summed E-state index contributed by atoms with van der Waals surface area (Å²) in [6.45, 7) is 9.21. The van der Waals surface area contributed by atoms with Crippen LogP contribution in [-0.4, -0.2) is 40.6 Å². The molecule has 3 rings (SSSR count). The number of carbonyl (C=O) groups excluding carboxylic acids is 2. The minimum absolute atomic E-state index is 0.0504. The van der Waals surface area contributed by atoms with Crippen molar-refractivity contribution in [2.24, 2.45) is 0 Å². The van der Waals surface area contributed by atoms with Crippen LogP contribution in [0, 0.1) is 6.92 Å². The van der Waals surface area contributed by atoms with E-state index in [9.17, 15) is 9.59 Å². The van der Waals surface area contributed by atoms with Crippen LogP contribution >= 0.6 is 0 Å². The molecule has 0 aliphatic rings. The molecule has 0 radical (unpaired) electrons. The molecule has 2 aromatic carbocycles. The summed E-state index contributed by atoms with van der Waals surface area (Å²) in [7, 11) is 0. The van der Waals surface area contributed by atoms with Gasteiger partial charge in [0, 0.05) is 11.3 Å². The first-order chi connectivity index (χ1) is 17.5. The van der Waals surface area contributed by atoms with Crippen molar-refractivity contribution in [2.75, 3.05) is 16.4 Å². The maximum absolute atomic E-state index is 13.0. The number of nitrogens with one attached hydrogen (secondary N) is 2. The van der Waals surface area contributed by atoms with E-state index in [4.69, 9.17) is 25.1 Å². The Morgan fingerprint density at radius 3 is 2.05 bits per heavy atom. The molecule has 37 heavy (non-hydrogen) atoms. The van der Waals surface area contributed by atoms with E-state index in [1.165, 1.54) is 6.07 Å². The zero-order valence-electron chi connectivity index (χ0n) is 21.4. The van der Waals surface area contributed by atoms with Gasteiger partial charge in [0.05, 0.1) is 17.9 Å². The molecule has 0 atom stereocenters.